The molecule has 5 aromatic rings. The first-order valence-corrected chi connectivity index (χ1v) is 19.4. The second-order valence-corrected chi connectivity index (χ2v) is 16.5. The van der Waals surface area contributed by atoms with Crippen molar-refractivity contribution in [3.05, 3.63) is 122 Å². The number of hydrogen-bond acceptors (Lipinski definition) is 10. The smallest absolute Gasteiger partial charge is 0.257 e. The Balaban J connectivity index is 1.26. The van der Waals surface area contributed by atoms with Crippen LogP contribution >= 0.6 is 22.7 Å². The number of rotatable bonds is 16. The molecule has 0 aliphatic heterocycles. The van der Waals surface area contributed by atoms with Gasteiger partial charge in [0.1, 0.15) is 0 Å². The van der Waals surface area contributed by atoms with E-state index in [0.717, 1.165) is 22.7 Å². The fourth-order valence-corrected chi connectivity index (χ4v) is 9.53. The number of nitrogens with one attached hydrogen (secondary N) is 2. The summed E-state index contributed by atoms with van der Waals surface area (Å²) in [7, 11) is -7.62. The number of aromatic nitrogens is 2. The Labute approximate surface area is 297 Å². The normalized spacial score (nSPS) is 11.9. The van der Waals surface area contributed by atoms with Gasteiger partial charge in [0.15, 0.2) is 10.3 Å². The molecule has 0 atom stereocenters. The van der Waals surface area contributed by atoms with E-state index in [0.29, 0.717) is 20.4 Å². The van der Waals surface area contributed by atoms with Crippen LogP contribution in [-0.4, -0.2) is 73.4 Å². The zero-order chi connectivity index (χ0) is 36.1. The molecule has 16 heteroatoms. The lowest BCUT2D eigenvalue weighted by molar-refractivity contribution is 0.101. The van der Waals surface area contributed by atoms with E-state index in [1.54, 1.807) is 12.1 Å². The molecule has 0 saturated heterocycles. The maximum atomic E-state index is 13.1. The maximum absolute atomic E-state index is 13.1. The third-order valence-electron chi connectivity index (χ3n) is 7.18. The number of anilines is 2. The molecule has 50 heavy (non-hydrogen) atoms. The topological polar surface area (TPSA) is 159 Å². The fourth-order valence-electron chi connectivity index (χ4n) is 4.76. The third-order valence-corrected chi connectivity index (χ3v) is 12.7. The highest BCUT2D eigenvalue weighted by Gasteiger charge is 2.25. The molecule has 258 valence electrons. The molecule has 0 bridgehead atoms. The van der Waals surface area contributed by atoms with Gasteiger partial charge in [-0.3, -0.25) is 20.2 Å². The molecule has 2 amide bonds. The van der Waals surface area contributed by atoms with Crippen LogP contribution in [0.25, 0.3) is 20.4 Å². The summed E-state index contributed by atoms with van der Waals surface area (Å²) < 4.78 is 56.2. The minimum Gasteiger partial charge on any atom is -0.298 e. The fraction of sp³-hybridized carbons (Fsp3) is 0.118. The molecule has 3 aromatic carbocycles. The lowest BCUT2D eigenvalue weighted by Gasteiger charge is -2.18. The first kappa shape index (κ1) is 36.4. The van der Waals surface area contributed by atoms with Gasteiger partial charge in [-0.15, -0.1) is 26.3 Å². The lowest BCUT2D eigenvalue weighted by atomic mass is 10.1. The molecule has 2 aromatic heterocycles. The second kappa shape index (κ2) is 15.4. The number of nitrogens with zero attached hydrogens (tertiary/aromatic N) is 4. The van der Waals surface area contributed by atoms with Gasteiger partial charge in [0.25, 0.3) is 11.8 Å². The monoisotopic (exact) mass is 748 g/mol. The summed E-state index contributed by atoms with van der Waals surface area (Å²) in [4.78, 5) is 35.0. The number of hydrogen-bond donors (Lipinski definition) is 2. The number of fused-ring (bicyclic) bond motifs is 2. The molecule has 0 radical (unpaired) electrons. The summed E-state index contributed by atoms with van der Waals surface area (Å²) in [5.41, 5.74) is 1.57. The summed E-state index contributed by atoms with van der Waals surface area (Å²) in [5.74, 6) is -0.938. The van der Waals surface area contributed by atoms with Crippen molar-refractivity contribution in [3.63, 3.8) is 0 Å². The third kappa shape index (κ3) is 7.80. The van der Waals surface area contributed by atoms with Crippen LogP contribution in [0.2, 0.25) is 0 Å². The van der Waals surface area contributed by atoms with Crippen LogP contribution in [0.3, 0.4) is 0 Å². The van der Waals surface area contributed by atoms with Crippen molar-refractivity contribution in [2.24, 2.45) is 0 Å². The van der Waals surface area contributed by atoms with Crippen LogP contribution in [0.5, 0.6) is 0 Å². The lowest BCUT2D eigenvalue weighted by Crippen LogP contribution is -2.31. The van der Waals surface area contributed by atoms with Crippen LogP contribution < -0.4 is 10.6 Å². The number of thiazole rings is 2. The molecular weight excluding hydrogens is 717 g/mol. The van der Waals surface area contributed by atoms with Crippen LogP contribution in [0.4, 0.5) is 10.3 Å². The predicted octanol–water partition coefficient (Wildman–Crippen LogP) is 6.14. The van der Waals surface area contributed by atoms with Crippen LogP contribution in [-0.2, 0) is 20.0 Å². The summed E-state index contributed by atoms with van der Waals surface area (Å²) >= 11 is 2.26. The molecule has 2 N–H and O–H groups in total. The highest BCUT2D eigenvalue weighted by atomic mass is 32.2. The van der Waals surface area contributed by atoms with Gasteiger partial charge in [0.05, 0.1) is 30.2 Å². The number of carbonyl (C=O) groups excluding carboxylic acids is 2. The first-order valence-electron chi connectivity index (χ1n) is 14.9. The van der Waals surface area contributed by atoms with Crippen LogP contribution in [0, 0.1) is 0 Å². The highest BCUT2D eigenvalue weighted by Crippen LogP contribution is 2.31. The van der Waals surface area contributed by atoms with Gasteiger partial charge >= 0.3 is 0 Å². The number of sulfonamides is 2. The number of amides is 2. The Kier molecular flexibility index (Phi) is 11.2. The van der Waals surface area contributed by atoms with Crippen molar-refractivity contribution in [3.8, 4) is 0 Å². The van der Waals surface area contributed by atoms with E-state index < -0.39 is 31.9 Å². The summed E-state index contributed by atoms with van der Waals surface area (Å²) in [6.45, 7) is 15.0. The van der Waals surface area contributed by atoms with Crippen molar-refractivity contribution < 1.29 is 26.4 Å². The van der Waals surface area contributed by atoms with Gasteiger partial charge in [0, 0.05) is 37.3 Å². The van der Waals surface area contributed by atoms with Crippen LogP contribution in [0.15, 0.2) is 121 Å². The number of carbonyl (C=O) groups is 2. The van der Waals surface area contributed by atoms with E-state index in [-0.39, 0.29) is 57.4 Å². The minimum atomic E-state index is -3.81. The van der Waals surface area contributed by atoms with Crippen molar-refractivity contribution in [1.82, 2.24) is 18.6 Å². The Morgan fingerprint density at radius 3 is 1.26 bits per heavy atom. The SMILES string of the molecule is C=CCN(CC=C)S(=O)(=O)c1ccc2nc(NC(=O)c3ccc(C(=O)Nc4nc5ccc(S(=O)(=O)N(CC=C)CC=C)cc5s4)cc3)sc2c1. The van der Waals surface area contributed by atoms with Crippen molar-refractivity contribution >= 4 is 85.2 Å². The second-order valence-electron chi connectivity index (χ2n) is 10.6. The maximum Gasteiger partial charge on any atom is 0.257 e. The molecule has 0 fully saturated rings. The van der Waals surface area contributed by atoms with Crippen LogP contribution in [0.1, 0.15) is 20.7 Å². The molecule has 0 aliphatic rings. The van der Waals surface area contributed by atoms with Gasteiger partial charge in [-0.05, 0) is 60.7 Å². The van der Waals surface area contributed by atoms with Gasteiger partial charge in [-0.2, -0.15) is 8.61 Å². The Bertz CT molecular complexity index is 2160. The number of benzene rings is 3. The van der Waals surface area contributed by atoms with Gasteiger partial charge in [-0.25, -0.2) is 26.8 Å². The average Bonchev–Trinajstić information content (AvgIpc) is 3.70. The van der Waals surface area contributed by atoms with Gasteiger partial charge in [-0.1, -0.05) is 47.0 Å². The van der Waals surface area contributed by atoms with E-state index >= 15 is 0 Å². The zero-order valence-corrected chi connectivity index (χ0v) is 29.9. The highest BCUT2D eigenvalue weighted by molar-refractivity contribution is 7.89. The van der Waals surface area contributed by atoms with Gasteiger partial charge < -0.3 is 0 Å². The van der Waals surface area contributed by atoms with Crippen molar-refractivity contribution in [2.45, 2.75) is 9.79 Å². The molecular formula is C34H32N6O6S4. The first-order chi connectivity index (χ1) is 23.9. The van der Waals surface area contributed by atoms with E-state index in [2.05, 4.69) is 46.9 Å². The van der Waals surface area contributed by atoms with Crippen molar-refractivity contribution in [2.75, 3.05) is 36.8 Å². The minimum absolute atomic E-state index is 0.0856. The summed E-state index contributed by atoms with van der Waals surface area (Å²) in [6.07, 6.45) is 6.00. The van der Waals surface area contributed by atoms with E-state index in [9.17, 15) is 26.4 Å². The molecule has 2 heterocycles. The molecule has 0 spiro atoms. The van der Waals surface area contributed by atoms with E-state index in [4.69, 9.17) is 0 Å². The largest absolute Gasteiger partial charge is 0.298 e. The Morgan fingerprint density at radius 2 is 0.940 bits per heavy atom. The standard InChI is InChI=1S/C34H32N6O6S4/c1-5-17-39(18-6-2)49(43,44)25-13-15-27-29(21-25)47-33(35-27)37-31(41)23-9-11-24(12-10-23)32(42)38-34-36-28-16-14-26(22-30(28)48-34)50(45,46)40(19-7-3)20-8-4/h5-16,21-22H,1-4,17-20H2,(H,35,37,41)(H,36,38,42). The van der Waals surface area contributed by atoms with E-state index in [1.807, 2.05) is 0 Å². The molecule has 0 saturated carbocycles. The molecule has 5 rings (SSSR count). The van der Waals surface area contributed by atoms with Crippen molar-refractivity contribution in [1.29, 1.82) is 0 Å². The average molecular weight is 749 g/mol. The Morgan fingerprint density at radius 1 is 0.600 bits per heavy atom. The summed E-state index contributed by atoms with van der Waals surface area (Å²) in [6, 6.07) is 15.1. The van der Waals surface area contributed by atoms with Gasteiger partial charge in [0.2, 0.25) is 20.0 Å². The Hall–Kier alpha value is -4.84. The quantitative estimate of drug-likeness (QED) is 0.114. The summed E-state index contributed by atoms with van der Waals surface area (Å²) in [5, 5.41) is 6.00. The zero-order valence-electron chi connectivity index (χ0n) is 26.6. The molecule has 0 aliphatic carbocycles. The molecule has 0 unspecified atom stereocenters. The predicted molar refractivity (Wildman–Crippen MR) is 200 cm³/mol. The van der Waals surface area contributed by atoms with E-state index in [1.165, 1.54) is 81.4 Å². The molecule has 12 nitrogen and oxygen atoms in total.